The van der Waals surface area contributed by atoms with Crippen LogP contribution in [0.1, 0.15) is 30.4 Å². The van der Waals surface area contributed by atoms with Gasteiger partial charge in [0.25, 0.3) is 0 Å². The predicted molar refractivity (Wildman–Crippen MR) is 87.2 cm³/mol. The molecule has 2 bridgehead atoms. The predicted octanol–water partition coefficient (Wildman–Crippen LogP) is 3.13. The summed E-state index contributed by atoms with van der Waals surface area (Å²) in [5.74, 6) is 1.68. The second-order valence-electron chi connectivity index (χ2n) is 6.98. The SMILES string of the molecule is COCOc1cccc2c1C[C@@H]1[C@@H]3C=CCC[C@]23CCN1C. The molecule has 4 rings (SSSR count). The Labute approximate surface area is 132 Å². The lowest BCUT2D eigenvalue weighted by atomic mass is 9.54. The Bertz CT molecular complexity index is 597. The summed E-state index contributed by atoms with van der Waals surface area (Å²) >= 11 is 0. The van der Waals surface area contributed by atoms with E-state index in [1.807, 2.05) is 0 Å². The number of benzene rings is 1. The van der Waals surface area contributed by atoms with Crippen molar-refractivity contribution in [3.63, 3.8) is 0 Å². The summed E-state index contributed by atoms with van der Waals surface area (Å²) in [6.45, 7) is 1.53. The van der Waals surface area contributed by atoms with Crippen LogP contribution in [0.15, 0.2) is 30.4 Å². The van der Waals surface area contributed by atoms with Crippen LogP contribution in [0.25, 0.3) is 0 Å². The van der Waals surface area contributed by atoms with Gasteiger partial charge in [-0.2, -0.15) is 0 Å². The van der Waals surface area contributed by atoms with Gasteiger partial charge in [0.15, 0.2) is 6.79 Å². The number of methoxy groups -OCH3 is 1. The van der Waals surface area contributed by atoms with E-state index in [1.165, 1.54) is 31.4 Å². The Kier molecular flexibility index (Phi) is 3.50. The number of hydrogen-bond donors (Lipinski definition) is 0. The molecule has 0 amide bonds. The number of ether oxygens (including phenoxy) is 2. The second-order valence-corrected chi connectivity index (χ2v) is 6.98. The van der Waals surface area contributed by atoms with Crippen LogP contribution in [0.2, 0.25) is 0 Å². The highest BCUT2D eigenvalue weighted by molar-refractivity contribution is 5.50. The van der Waals surface area contributed by atoms with E-state index >= 15 is 0 Å². The largest absolute Gasteiger partial charge is 0.467 e. The van der Waals surface area contributed by atoms with Gasteiger partial charge in [0.1, 0.15) is 5.75 Å². The van der Waals surface area contributed by atoms with Gasteiger partial charge in [-0.05, 0) is 56.5 Å². The average Bonchev–Trinajstić information content (AvgIpc) is 2.56. The molecule has 1 saturated heterocycles. The molecular weight excluding hydrogens is 274 g/mol. The third kappa shape index (κ3) is 1.95. The van der Waals surface area contributed by atoms with E-state index in [1.54, 1.807) is 12.7 Å². The molecule has 1 aromatic rings. The van der Waals surface area contributed by atoms with Crippen molar-refractivity contribution in [2.45, 2.75) is 37.1 Å². The van der Waals surface area contributed by atoms with Crippen LogP contribution < -0.4 is 4.74 Å². The Morgan fingerprint density at radius 1 is 1.32 bits per heavy atom. The van der Waals surface area contributed by atoms with E-state index < -0.39 is 0 Å². The monoisotopic (exact) mass is 299 g/mol. The lowest BCUT2D eigenvalue weighted by Crippen LogP contribution is -2.58. The van der Waals surface area contributed by atoms with E-state index in [4.69, 9.17) is 9.47 Å². The summed E-state index contributed by atoms with van der Waals surface area (Å²) in [6.07, 6.45) is 9.72. The zero-order valence-corrected chi connectivity index (χ0v) is 13.5. The van der Waals surface area contributed by atoms with E-state index in [-0.39, 0.29) is 0 Å². The maximum absolute atomic E-state index is 5.87. The Balaban J connectivity index is 1.84. The molecule has 0 aromatic heterocycles. The topological polar surface area (TPSA) is 21.7 Å². The summed E-state index contributed by atoms with van der Waals surface area (Å²) in [7, 11) is 3.96. The third-order valence-electron chi connectivity index (χ3n) is 6.04. The van der Waals surface area contributed by atoms with E-state index in [2.05, 4.69) is 42.3 Å². The first kappa shape index (κ1) is 14.3. The number of hydrogen-bond acceptors (Lipinski definition) is 3. The molecule has 3 heteroatoms. The molecule has 2 aliphatic carbocycles. The molecule has 0 radical (unpaired) electrons. The summed E-state index contributed by atoms with van der Waals surface area (Å²) in [5.41, 5.74) is 3.29. The molecule has 1 fully saturated rings. The normalized spacial score (nSPS) is 33.2. The van der Waals surface area contributed by atoms with Crippen LogP contribution in [0.3, 0.4) is 0 Å². The lowest BCUT2D eigenvalue weighted by molar-refractivity contribution is 0.0371. The molecule has 118 valence electrons. The Hall–Kier alpha value is -1.32. The molecular formula is C19H25NO2. The fourth-order valence-electron chi connectivity index (χ4n) is 4.98. The highest BCUT2D eigenvalue weighted by atomic mass is 16.7. The molecule has 22 heavy (non-hydrogen) atoms. The maximum Gasteiger partial charge on any atom is 0.188 e. The zero-order valence-electron chi connectivity index (χ0n) is 13.5. The van der Waals surface area contributed by atoms with Crippen LogP contribution >= 0.6 is 0 Å². The van der Waals surface area contributed by atoms with Gasteiger partial charge in [0, 0.05) is 24.5 Å². The van der Waals surface area contributed by atoms with Crippen LogP contribution in [-0.2, 0) is 16.6 Å². The van der Waals surface area contributed by atoms with Gasteiger partial charge in [-0.3, -0.25) is 0 Å². The molecule has 1 heterocycles. The standard InChI is InChI=1S/C19H25NO2/c1-20-11-10-19-9-4-3-6-16(19)17(20)12-14-15(19)7-5-8-18(14)22-13-21-2/h3,5-8,16-17H,4,9-13H2,1-2H3/t16-,17+,19-/m0/s1. The van der Waals surface area contributed by atoms with Gasteiger partial charge in [0.05, 0.1) is 0 Å². The molecule has 1 aliphatic heterocycles. The molecule has 0 unspecified atom stereocenters. The van der Waals surface area contributed by atoms with Crippen molar-refractivity contribution in [3.8, 4) is 5.75 Å². The fourth-order valence-corrected chi connectivity index (χ4v) is 4.98. The molecule has 1 aromatic carbocycles. The van der Waals surface area contributed by atoms with Crippen molar-refractivity contribution in [2.24, 2.45) is 5.92 Å². The average molecular weight is 299 g/mol. The first-order chi connectivity index (χ1) is 10.8. The minimum absolute atomic E-state index is 0.325. The maximum atomic E-state index is 5.87. The van der Waals surface area contributed by atoms with Crippen molar-refractivity contribution in [3.05, 3.63) is 41.5 Å². The lowest BCUT2D eigenvalue weighted by Gasteiger charge is -2.56. The van der Waals surface area contributed by atoms with Gasteiger partial charge in [-0.1, -0.05) is 24.3 Å². The van der Waals surface area contributed by atoms with Gasteiger partial charge in [-0.25, -0.2) is 0 Å². The van der Waals surface area contributed by atoms with E-state index in [0.29, 0.717) is 24.2 Å². The second kappa shape index (κ2) is 5.39. The minimum Gasteiger partial charge on any atom is -0.467 e. The molecule has 3 aliphatic rings. The van der Waals surface area contributed by atoms with Crippen molar-refractivity contribution in [1.82, 2.24) is 4.90 Å². The number of allylic oxidation sites excluding steroid dienone is 1. The summed E-state index contributed by atoms with van der Waals surface area (Å²) in [5, 5.41) is 0. The van der Waals surface area contributed by atoms with Gasteiger partial charge in [0.2, 0.25) is 0 Å². The highest BCUT2D eigenvalue weighted by Crippen LogP contribution is 2.54. The van der Waals surface area contributed by atoms with Gasteiger partial charge >= 0.3 is 0 Å². The molecule has 0 spiro atoms. The Morgan fingerprint density at radius 2 is 2.23 bits per heavy atom. The van der Waals surface area contributed by atoms with Crippen LogP contribution in [0.4, 0.5) is 0 Å². The fraction of sp³-hybridized carbons (Fsp3) is 0.579. The van der Waals surface area contributed by atoms with Crippen LogP contribution in [0.5, 0.6) is 5.75 Å². The number of fused-ring (bicyclic) bond motifs is 1. The summed E-state index contributed by atoms with van der Waals surface area (Å²) < 4.78 is 11.0. The highest BCUT2D eigenvalue weighted by Gasteiger charge is 2.52. The van der Waals surface area contributed by atoms with Crippen molar-refractivity contribution < 1.29 is 9.47 Å². The smallest absolute Gasteiger partial charge is 0.188 e. The molecule has 3 nitrogen and oxygen atoms in total. The molecule has 0 N–H and O–H groups in total. The number of likely N-dealkylation sites (N-methyl/N-ethyl adjacent to an activating group) is 1. The minimum atomic E-state index is 0.325. The number of likely N-dealkylation sites (tertiary alicyclic amines) is 1. The number of rotatable bonds is 3. The quantitative estimate of drug-likeness (QED) is 0.632. The summed E-state index contributed by atoms with van der Waals surface area (Å²) in [4.78, 5) is 2.55. The first-order valence-corrected chi connectivity index (χ1v) is 8.37. The van der Waals surface area contributed by atoms with Gasteiger partial charge < -0.3 is 14.4 Å². The van der Waals surface area contributed by atoms with Crippen molar-refractivity contribution in [1.29, 1.82) is 0 Å². The number of piperidine rings is 1. The molecule has 3 atom stereocenters. The van der Waals surface area contributed by atoms with Crippen LogP contribution in [-0.4, -0.2) is 38.4 Å². The summed E-state index contributed by atoms with van der Waals surface area (Å²) in [6, 6.07) is 7.21. The van der Waals surface area contributed by atoms with Crippen LogP contribution in [0, 0.1) is 5.92 Å². The van der Waals surface area contributed by atoms with Crippen molar-refractivity contribution >= 4 is 0 Å². The third-order valence-corrected chi connectivity index (χ3v) is 6.04. The Morgan fingerprint density at radius 3 is 3.09 bits per heavy atom. The van der Waals surface area contributed by atoms with E-state index in [0.717, 1.165) is 12.2 Å². The van der Waals surface area contributed by atoms with E-state index in [9.17, 15) is 0 Å². The van der Waals surface area contributed by atoms with Crippen molar-refractivity contribution in [2.75, 3.05) is 27.5 Å². The first-order valence-electron chi connectivity index (χ1n) is 8.37. The number of nitrogens with zero attached hydrogens (tertiary/aromatic N) is 1. The zero-order chi connectivity index (χ0) is 15.2. The van der Waals surface area contributed by atoms with Gasteiger partial charge in [-0.15, -0.1) is 0 Å². The molecule has 0 saturated carbocycles.